The van der Waals surface area contributed by atoms with Crippen LogP contribution in [0.25, 0.3) is 0 Å². The summed E-state index contributed by atoms with van der Waals surface area (Å²) in [7, 11) is 0. The van der Waals surface area contributed by atoms with Gasteiger partial charge in [0, 0.05) is 11.1 Å². The average Bonchev–Trinajstić information content (AvgIpc) is 2.47. The topological polar surface area (TPSA) is 57.9 Å². The molecule has 0 saturated heterocycles. The molecular weight excluding hydrogens is 204 g/mol. The third-order valence-electron chi connectivity index (χ3n) is 2.28. The van der Waals surface area contributed by atoms with Gasteiger partial charge in [-0.05, 0) is 12.1 Å². The Bertz CT molecular complexity index is 531. The zero-order valence-electron chi connectivity index (χ0n) is 7.25. The first-order valence-corrected chi connectivity index (χ1v) is 4.04. The summed E-state index contributed by atoms with van der Waals surface area (Å²) < 4.78 is 26.1. The molecular formula is C10H3F2NO2. The van der Waals surface area contributed by atoms with Crippen molar-refractivity contribution in [3.05, 3.63) is 34.9 Å². The fourth-order valence-electron chi connectivity index (χ4n) is 1.56. The molecule has 1 aliphatic rings. The molecule has 1 aromatic carbocycles. The van der Waals surface area contributed by atoms with Crippen molar-refractivity contribution in [2.24, 2.45) is 0 Å². The molecule has 1 aromatic rings. The number of fused-ring (bicyclic) bond motifs is 1. The Kier molecular flexibility index (Phi) is 1.86. The molecule has 15 heavy (non-hydrogen) atoms. The third kappa shape index (κ3) is 1.08. The summed E-state index contributed by atoms with van der Waals surface area (Å²) in [6.45, 7) is 0. The molecule has 0 amide bonds. The number of benzene rings is 1. The molecule has 0 spiro atoms. The molecule has 0 N–H and O–H groups in total. The summed E-state index contributed by atoms with van der Waals surface area (Å²) in [6.07, 6.45) is 0. The summed E-state index contributed by atoms with van der Waals surface area (Å²) in [5.41, 5.74) is -0.655. The van der Waals surface area contributed by atoms with E-state index >= 15 is 0 Å². The number of nitrogens with zero attached hydrogens (tertiary/aromatic N) is 1. The smallest absolute Gasteiger partial charge is 0.230 e. The largest absolute Gasteiger partial charge is 0.289 e. The standard InChI is InChI=1S/C10H3F2NO2/c11-6-2-1-4-7(8(6)12)5(3-13)10(15)9(4)14/h1-2,5H. The Morgan fingerprint density at radius 1 is 1.27 bits per heavy atom. The summed E-state index contributed by atoms with van der Waals surface area (Å²) in [4.78, 5) is 22.4. The zero-order chi connectivity index (χ0) is 11.2. The van der Waals surface area contributed by atoms with Crippen molar-refractivity contribution in [2.45, 2.75) is 5.92 Å². The van der Waals surface area contributed by atoms with E-state index in [1.807, 2.05) is 0 Å². The van der Waals surface area contributed by atoms with Crippen LogP contribution in [-0.4, -0.2) is 11.6 Å². The second kappa shape index (κ2) is 2.95. The highest BCUT2D eigenvalue weighted by Crippen LogP contribution is 2.32. The molecule has 0 fully saturated rings. The van der Waals surface area contributed by atoms with E-state index in [1.165, 1.54) is 6.07 Å². The zero-order valence-corrected chi connectivity index (χ0v) is 7.25. The van der Waals surface area contributed by atoms with Gasteiger partial charge in [-0.25, -0.2) is 8.78 Å². The van der Waals surface area contributed by atoms with Gasteiger partial charge in [0.25, 0.3) is 0 Å². The lowest BCUT2D eigenvalue weighted by Crippen LogP contribution is -2.10. The monoisotopic (exact) mass is 207 g/mol. The Hall–Kier alpha value is -2.09. The number of hydrogen-bond acceptors (Lipinski definition) is 3. The first-order chi connectivity index (χ1) is 7.07. The fraction of sp³-hybridized carbons (Fsp3) is 0.100. The maximum Gasteiger partial charge on any atom is 0.230 e. The summed E-state index contributed by atoms with van der Waals surface area (Å²) in [5.74, 6) is -5.91. The second-order valence-corrected chi connectivity index (χ2v) is 3.08. The lowest BCUT2D eigenvalue weighted by Gasteiger charge is -2.01. The van der Waals surface area contributed by atoms with Gasteiger partial charge in [0.05, 0.1) is 6.07 Å². The molecule has 0 saturated carbocycles. The molecule has 0 aliphatic heterocycles. The van der Waals surface area contributed by atoms with Gasteiger partial charge >= 0.3 is 0 Å². The molecule has 0 heterocycles. The van der Waals surface area contributed by atoms with Crippen molar-refractivity contribution >= 4 is 11.6 Å². The van der Waals surface area contributed by atoms with Crippen molar-refractivity contribution in [1.82, 2.24) is 0 Å². The first kappa shape index (κ1) is 9.46. The Balaban J connectivity index is 2.79. The third-order valence-corrected chi connectivity index (χ3v) is 2.28. The fourth-order valence-corrected chi connectivity index (χ4v) is 1.56. The van der Waals surface area contributed by atoms with E-state index in [4.69, 9.17) is 5.26 Å². The van der Waals surface area contributed by atoms with E-state index in [0.717, 1.165) is 12.1 Å². The van der Waals surface area contributed by atoms with Gasteiger partial charge < -0.3 is 0 Å². The number of hydrogen-bond donors (Lipinski definition) is 0. The number of nitriles is 1. The van der Waals surface area contributed by atoms with Crippen molar-refractivity contribution in [2.75, 3.05) is 0 Å². The minimum absolute atomic E-state index is 0.217. The van der Waals surface area contributed by atoms with Crippen LogP contribution in [0, 0.1) is 23.0 Å². The van der Waals surface area contributed by atoms with E-state index < -0.39 is 34.7 Å². The molecule has 0 bridgehead atoms. The van der Waals surface area contributed by atoms with Gasteiger partial charge in [-0.15, -0.1) is 0 Å². The minimum atomic E-state index is -1.51. The van der Waals surface area contributed by atoms with E-state index in [9.17, 15) is 18.4 Å². The van der Waals surface area contributed by atoms with Gasteiger partial charge in [-0.1, -0.05) is 0 Å². The molecule has 0 radical (unpaired) electrons. The molecule has 1 aliphatic carbocycles. The molecule has 74 valence electrons. The van der Waals surface area contributed by atoms with Crippen molar-refractivity contribution in [3.63, 3.8) is 0 Å². The number of halogens is 2. The average molecular weight is 207 g/mol. The Morgan fingerprint density at radius 2 is 1.93 bits per heavy atom. The van der Waals surface area contributed by atoms with Crippen LogP contribution >= 0.6 is 0 Å². The molecule has 3 nitrogen and oxygen atoms in total. The molecule has 0 aromatic heterocycles. The summed E-state index contributed by atoms with van der Waals surface area (Å²) >= 11 is 0. The van der Waals surface area contributed by atoms with Crippen LogP contribution in [0.1, 0.15) is 21.8 Å². The number of rotatable bonds is 0. The van der Waals surface area contributed by atoms with Crippen LogP contribution in [0.4, 0.5) is 8.78 Å². The van der Waals surface area contributed by atoms with Gasteiger partial charge in [-0.2, -0.15) is 5.26 Å². The van der Waals surface area contributed by atoms with E-state index in [-0.39, 0.29) is 5.56 Å². The molecule has 1 atom stereocenters. The van der Waals surface area contributed by atoms with Crippen LogP contribution in [0.5, 0.6) is 0 Å². The van der Waals surface area contributed by atoms with Gasteiger partial charge in [0.2, 0.25) is 11.6 Å². The maximum absolute atomic E-state index is 13.3. The number of carbonyl (C=O) groups excluding carboxylic acids is 2. The van der Waals surface area contributed by atoms with Gasteiger partial charge in [0.1, 0.15) is 5.92 Å². The lowest BCUT2D eigenvalue weighted by atomic mass is 10.0. The summed E-state index contributed by atoms with van der Waals surface area (Å²) in [5, 5.41) is 8.60. The molecule has 2 rings (SSSR count). The van der Waals surface area contributed by atoms with Crippen LogP contribution in [0.15, 0.2) is 12.1 Å². The van der Waals surface area contributed by atoms with Crippen LogP contribution in [0.2, 0.25) is 0 Å². The highest BCUT2D eigenvalue weighted by molar-refractivity contribution is 6.49. The van der Waals surface area contributed by atoms with Crippen molar-refractivity contribution in [1.29, 1.82) is 5.26 Å². The van der Waals surface area contributed by atoms with E-state index in [2.05, 4.69) is 0 Å². The predicted molar refractivity (Wildman–Crippen MR) is 44.0 cm³/mol. The lowest BCUT2D eigenvalue weighted by molar-refractivity contribution is -0.114. The molecule has 1 unspecified atom stereocenters. The van der Waals surface area contributed by atoms with Crippen molar-refractivity contribution in [3.8, 4) is 6.07 Å². The normalized spacial score (nSPS) is 18.9. The number of carbonyl (C=O) groups is 2. The predicted octanol–water partition coefficient (Wildman–Crippen LogP) is 1.34. The van der Waals surface area contributed by atoms with E-state index in [0.29, 0.717) is 0 Å². The minimum Gasteiger partial charge on any atom is -0.289 e. The summed E-state index contributed by atoms with van der Waals surface area (Å²) in [6, 6.07) is 3.27. The van der Waals surface area contributed by atoms with E-state index in [1.54, 1.807) is 0 Å². The highest BCUT2D eigenvalue weighted by Gasteiger charge is 2.41. The van der Waals surface area contributed by atoms with Crippen LogP contribution in [0.3, 0.4) is 0 Å². The quantitative estimate of drug-likeness (QED) is 0.603. The van der Waals surface area contributed by atoms with Gasteiger partial charge in [-0.3, -0.25) is 9.59 Å². The SMILES string of the molecule is N#CC1C(=O)C(=O)c2ccc(F)c(F)c21. The number of Topliss-reactive ketones (excluding diaryl/α,β-unsaturated/α-hetero) is 2. The van der Waals surface area contributed by atoms with Crippen LogP contribution < -0.4 is 0 Å². The maximum atomic E-state index is 13.3. The molecule has 5 heteroatoms. The number of ketones is 2. The highest BCUT2D eigenvalue weighted by atomic mass is 19.2. The Labute approximate surface area is 82.9 Å². The second-order valence-electron chi connectivity index (χ2n) is 3.08. The van der Waals surface area contributed by atoms with Gasteiger partial charge in [0.15, 0.2) is 11.6 Å². The first-order valence-electron chi connectivity index (χ1n) is 4.04. The Morgan fingerprint density at radius 3 is 2.53 bits per heavy atom. The van der Waals surface area contributed by atoms with Crippen molar-refractivity contribution < 1.29 is 18.4 Å². The van der Waals surface area contributed by atoms with Crippen LogP contribution in [-0.2, 0) is 4.79 Å².